The first-order chi connectivity index (χ1) is 14.0. The quantitative estimate of drug-likeness (QED) is 0.629. The number of piperidine rings is 1. The first-order valence-electron chi connectivity index (χ1n) is 10.1. The summed E-state index contributed by atoms with van der Waals surface area (Å²) in [5.41, 5.74) is 3.39. The van der Waals surface area contributed by atoms with Crippen molar-refractivity contribution in [3.05, 3.63) is 58.6 Å². The number of amides is 1. The highest BCUT2D eigenvalue weighted by Gasteiger charge is 2.23. The van der Waals surface area contributed by atoms with Crippen LogP contribution in [-0.4, -0.2) is 33.5 Å². The highest BCUT2D eigenvalue weighted by molar-refractivity contribution is 7.13. The summed E-state index contributed by atoms with van der Waals surface area (Å²) >= 11 is 1.67. The van der Waals surface area contributed by atoms with Gasteiger partial charge in [-0.3, -0.25) is 4.79 Å². The molecule has 2 aromatic heterocycles. The molecule has 152 valence electrons. The molecule has 29 heavy (non-hydrogen) atoms. The second-order valence-corrected chi connectivity index (χ2v) is 8.52. The van der Waals surface area contributed by atoms with Gasteiger partial charge in [0.15, 0.2) is 5.13 Å². The Labute approximate surface area is 175 Å². The summed E-state index contributed by atoms with van der Waals surface area (Å²) in [6.07, 6.45) is 5.54. The van der Waals surface area contributed by atoms with Gasteiger partial charge in [0.2, 0.25) is 0 Å². The summed E-state index contributed by atoms with van der Waals surface area (Å²) in [4.78, 5) is 26.7. The van der Waals surface area contributed by atoms with Crippen molar-refractivity contribution in [3.63, 3.8) is 0 Å². The van der Waals surface area contributed by atoms with Gasteiger partial charge in [-0.25, -0.2) is 9.97 Å². The van der Waals surface area contributed by atoms with Gasteiger partial charge in [-0.1, -0.05) is 17.7 Å². The minimum Gasteiger partial charge on any atom is -0.348 e. The number of carbonyl (C=O) groups is 1. The Morgan fingerprint density at radius 2 is 1.83 bits per heavy atom. The van der Waals surface area contributed by atoms with Crippen LogP contribution in [0.5, 0.6) is 0 Å². The van der Waals surface area contributed by atoms with E-state index in [0.717, 1.165) is 41.0 Å². The van der Waals surface area contributed by atoms with Crippen molar-refractivity contribution in [3.8, 4) is 0 Å². The summed E-state index contributed by atoms with van der Waals surface area (Å²) in [5.74, 6) is 0.711. The fourth-order valence-electron chi connectivity index (χ4n) is 3.57. The van der Waals surface area contributed by atoms with E-state index in [1.165, 1.54) is 19.3 Å². The van der Waals surface area contributed by atoms with Crippen LogP contribution in [0.4, 0.5) is 10.8 Å². The lowest BCUT2D eigenvalue weighted by atomic mass is 10.1. The minimum absolute atomic E-state index is 0.106. The standard InChI is InChI=1S/C22H27N5OS/c1-16-7-9-19(10-8-16)27(21(28)20-14-25(3)17(2)23-20)13-18-15-29-22(24-18)26-11-5-4-6-12-26/h7-10,14-15H,4-6,11-13H2,1-3H3. The molecule has 0 saturated carbocycles. The summed E-state index contributed by atoms with van der Waals surface area (Å²) in [6.45, 7) is 6.52. The number of hydrogen-bond acceptors (Lipinski definition) is 5. The monoisotopic (exact) mass is 409 g/mol. The van der Waals surface area contributed by atoms with Crippen LogP contribution in [0.2, 0.25) is 0 Å². The number of aromatic nitrogens is 3. The molecule has 6 nitrogen and oxygen atoms in total. The number of thiazole rings is 1. The molecule has 0 spiro atoms. The number of imidazole rings is 1. The van der Waals surface area contributed by atoms with E-state index in [1.807, 2.05) is 49.7 Å². The van der Waals surface area contributed by atoms with Crippen molar-refractivity contribution in [1.29, 1.82) is 0 Å². The average Bonchev–Trinajstić information content (AvgIpc) is 3.34. The molecule has 1 saturated heterocycles. The lowest BCUT2D eigenvalue weighted by Crippen LogP contribution is -2.31. The van der Waals surface area contributed by atoms with Crippen LogP contribution in [0.1, 0.15) is 46.8 Å². The lowest BCUT2D eigenvalue weighted by molar-refractivity contribution is 0.0980. The average molecular weight is 410 g/mol. The second-order valence-electron chi connectivity index (χ2n) is 7.68. The molecule has 4 rings (SSSR count). The van der Waals surface area contributed by atoms with E-state index in [-0.39, 0.29) is 5.91 Å². The van der Waals surface area contributed by atoms with Crippen molar-refractivity contribution < 1.29 is 4.79 Å². The smallest absolute Gasteiger partial charge is 0.278 e. The molecule has 7 heteroatoms. The number of hydrogen-bond donors (Lipinski definition) is 0. The van der Waals surface area contributed by atoms with E-state index in [2.05, 4.69) is 15.3 Å². The Morgan fingerprint density at radius 3 is 2.48 bits per heavy atom. The molecule has 0 N–H and O–H groups in total. The molecule has 1 fully saturated rings. The van der Waals surface area contributed by atoms with Crippen LogP contribution in [0.25, 0.3) is 0 Å². The van der Waals surface area contributed by atoms with Gasteiger partial charge in [0.05, 0.1) is 12.2 Å². The molecular formula is C22H27N5OS. The Balaban J connectivity index is 1.61. The zero-order valence-electron chi connectivity index (χ0n) is 17.3. The summed E-state index contributed by atoms with van der Waals surface area (Å²) in [6, 6.07) is 8.03. The Morgan fingerprint density at radius 1 is 1.10 bits per heavy atom. The fourth-order valence-corrected chi connectivity index (χ4v) is 4.44. The summed E-state index contributed by atoms with van der Waals surface area (Å²) in [5, 5.41) is 3.13. The number of aryl methyl sites for hydroxylation is 3. The van der Waals surface area contributed by atoms with E-state index in [4.69, 9.17) is 4.98 Å². The number of nitrogens with zero attached hydrogens (tertiary/aromatic N) is 5. The predicted molar refractivity (Wildman–Crippen MR) is 118 cm³/mol. The van der Waals surface area contributed by atoms with E-state index < -0.39 is 0 Å². The van der Waals surface area contributed by atoms with E-state index in [1.54, 1.807) is 22.4 Å². The van der Waals surface area contributed by atoms with Crippen molar-refractivity contribution in [2.45, 2.75) is 39.7 Å². The molecule has 0 bridgehead atoms. The number of benzene rings is 1. The molecule has 1 amide bonds. The maximum atomic E-state index is 13.3. The Bertz CT molecular complexity index is 966. The van der Waals surface area contributed by atoms with Crippen LogP contribution in [0.3, 0.4) is 0 Å². The zero-order chi connectivity index (χ0) is 20.4. The summed E-state index contributed by atoms with van der Waals surface area (Å²) in [7, 11) is 1.90. The topological polar surface area (TPSA) is 54.3 Å². The van der Waals surface area contributed by atoms with Gasteiger partial charge < -0.3 is 14.4 Å². The van der Waals surface area contributed by atoms with Crippen LogP contribution < -0.4 is 9.80 Å². The maximum absolute atomic E-state index is 13.3. The van der Waals surface area contributed by atoms with Gasteiger partial charge in [0.1, 0.15) is 11.5 Å². The Hall–Kier alpha value is -2.67. The van der Waals surface area contributed by atoms with E-state index in [0.29, 0.717) is 12.2 Å². The SMILES string of the molecule is Cc1ccc(N(Cc2csc(N3CCCCC3)n2)C(=O)c2cn(C)c(C)n2)cc1. The third kappa shape index (κ3) is 4.34. The molecule has 0 atom stereocenters. The molecule has 3 heterocycles. The first-order valence-corrected chi connectivity index (χ1v) is 11.0. The van der Waals surface area contributed by atoms with Gasteiger partial charge in [0, 0.05) is 37.4 Å². The molecule has 1 aromatic carbocycles. The number of anilines is 2. The fraction of sp³-hybridized carbons (Fsp3) is 0.409. The van der Waals surface area contributed by atoms with E-state index >= 15 is 0 Å². The normalized spacial score (nSPS) is 14.2. The van der Waals surface area contributed by atoms with Crippen molar-refractivity contribution in [1.82, 2.24) is 14.5 Å². The van der Waals surface area contributed by atoms with Gasteiger partial charge in [-0.15, -0.1) is 11.3 Å². The first kappa shape index (κ1) is 19.6. The van der Waals surface area contributed by atoms with Gasteiger partial charge in [-0.2, -0.15) is 0 Å². The van der Waals surface area contributed by atoms with Gasteiger partial charge in [-0.05, 0) is 45.2 Å². The number of carbonyl (C=O) groups excluding carboxylic acids is 1. The molecule has 1 aliphatic rings. The molecule has 0 aliphatic carbocycles. The predicted octanol–water partition coefficient (Wildman–Crippen LogP) is 4.33. The molecule has 1 aliphatic heterocycles. The van der Waals surface area contributed by atoms with E-state index in [9.17, 15) is 4.79 Å². The lowest BCUT2D eigenvalue weighted by Gasteiger charge is -2.26. The van der Waals surface area contributed by atoms with Crippen LogP contribution in [0, 0.1) is 13.8 Å². The molecule has 3 aromatic rings. The van der Waals surface area contributed by atoms with Crippen molar-refractivity contribution >= 4 is 28.1 Å². The highest BCUT2D eigenvalue weighted by atomic mass is 32.1. The maximum Gasteiger partial charge on any atom is 0.278 e. The molecule has 0 unspecified atom stereocenters. The highest BCUT2D eigenvalue weighted by Crippen LogP contribution is 2.26. The molecule has 0 radical (unpaired) electrons. The third-order valence-corrected chi connectivity index (χ3v) is 6.36. The Kier molecular flexibility index (Phi) is 5.67. The van der Waals surface area contributed by atoms with Crippen LogP contribution in [0.15, 0.2) is 35.8 Å². The summed E-state index contributed by atoms with van der Waals surface area (Å²) < 4.78 is 1.87. The second kappa shape index (κ2) is 8.37. The van der Waals surface area contributed by atoms with Crippen molar-refractivity contribution in [2.24, 2.45) is 7.05 Å². The van der Waals surface area contributed by atoms with Crippen LogP contribution >= 0.6 is 11.3 Å². The molecular weight excluding hydrogens is 382 g/mol. The van der Waals surface area contributed by atoms with Gasteiger partial charge >= 0.3 is 0 Å². The van der Waals surface area contributed by atoms with Crippen molar-refractivity contribution in [2.75, 3.05) is 22.9 Å². The zero-order valence-corrected chi connectivity index (χ0v) is 18.1. The largest absolute Gasteiger partial charge is 0.348 e. The minimum atomic E-state index is -0.106. The van der Waals surface area contributed by atoms with Crippen LogP contribution in [-0.2, 0) is 13.6 Å². The number of rotatable bonds is 5. The van der Waals surface area contributed by atoms with Gasteiger partial charge in [0.25, 0.3) is 5.91 Å². The third-order valence-electron chi connectivity index (χ3n) is 5.40.